The van der Waals surface area contributed by atoms with E-state index in [0.29, 0.717) is 28.4 Å². The second kappa shape index (κ2) is 6.67. The van der Waals surface area contributed by atoms with Crippen LogP contribution < -0.4 is 5.73 Å². The summed E-state index contributed by atoms with van der Waals surface area (Å²) in [6, 6.07) is 8.74. The Labute approximate surface area is 152 Å². The lowest BCUT2D eigenvalue weighted by atomic mass is 10.1. The van der Waals surface area contributed by atoms with Crippen LogP contribution in [0, 0.1) is 11.6 Å². The standard InChI is InChI=1S/C18H15F2N5O2/c19-12-3-1-11(2-4-12)18-14(25-8-13(20)5-6-16(25)22-18)7-17-23-27-10-24(17)9-15(21)26/h1-6,8H,7,9-10H2,(H2,21,26). The molecule has 1 aliphatic rings. The summed E-state index contributed by atoms with van der Waals surface area (Å²) in [6.07, 6.45) is 1.55. The number of hydrogen-bond donors (Lipinski definition) is 1. The fourth-order valence-electron chi connectivity index (χ4n) is 3.00. The normalized spacial score (nSPS) is 13.7. The molecule has 1 aromatic carbocycles. The predicted octanol–water partition coefficient (Wildman–Crippen LogP) is 1.91. The van der Waals surface area contributed by atoms with Crippen LogP contribution in [-0.4, -0.2) is 39.3 Å². The Morgan fingerprint density at radius 3 is 2.63 bits per heavy atom. The van der Waals surface area contributed by atoms with E-state index < -0.39 is 11.7 Å². The van der Waals surface area contributed by atoms with Gasteiger partial charge in [0.15, 0.2) is 12.6 Å². The summed E-state index contributed by atoms with van der Waals surface area (Å²) < 4.78 is 28.7. The number of fused-ring (bicyclic) bond motifs is 1. The molecule has 7 nitrogen and oxygen atoms in total. The van der Waals surface area contributed by atoms with E-state index in [-0.39, 0.29) is 25.5 Å². The number of nitrogens with two attached hydrogens (primary N) is 1. The number of amides is 1. The minimum Gasteiger partial charge on any atom is -0.372 e. The van der Waals surface area contributed by atoms with E-state index in [1.54, 1.807) is 27.5 Å². The smallest absolute Gasteiger partial charge is 0.237 e. The van der Waals surface area contributed by atoms with Crippen molar-refractivity contribution >= 4 is 17.4 Å². The van der Waals surface area contributed by atoms with Crippen molar-refractivity contribution in [1.82, 2.24) is 14.3 Å². The Morgan fingerprint density at radius 2 is 1.89 bits per heavy atom. The molecule has 2 N–H and O–H groups in total. The summed E-state index contributed by atoms with van der Waals surface area (Å²) in [4.78, 5) is 22.5. The zero-order valence-corrected chi connectivity index (χ0v) is 14.1. The van der Waals surface area contributed by atoms with Gasteiger partial charge in [-0.25, -0.2) is 13.8 Å². The van der Waals surface area contributed by atoms with Gasteiger partial charge in [-0.2, -0.15) is 0 Å². The number of amidine groups is 1. The first-order valence-electron chi connectivity index (χ1n) is 8.16. The van der Waals surface area contributed by atoms with Gasteiger partial charge in [-0.3, -0.25) is 4.79 Å². The van der Waals surface area contributed by atoms with Crippen LogP contribution in [0.3, 0.4) is 0 Å². The van der Waals surface area contributed by atoms with Gasteiger partial charge < -0.3 is 19.9 Å². The van der Waals surface area contributed by atoms with Gasteiger partial charge in [-0.1, -0.05) is 5.16 Å². The summed E-state index contributed by atoms with van der Waals surface area (Å²) in [7, 11) is 0. The second-order valence-corrected chi connectivity index (χ2v) is 6.10. The number of oxime groups is 1. The van der Waals surface area contributed by atoms with Crippen LogP contribution in [0.25, 0.3) is 16.9 Å². The number of hydrogen-bond acceptors (Lipinski definition) is 5. The molecule has 1 aliphatic heterocycles. The van der Waals surface area contributed by atoms with Crippen LogP contribution >= 0.6 is 0 Å². The number of benzene rings is 1. The topological polar surface area (TPSA) is 85.2 Å². The van der Waals surface area contributed by atoms with E-state index in [4.69, 9.17) is 10.6 Å². The number of primary amides is 1. The quantitative estimate of drug-likeness (QED) is 0.742. The Hall–Kier alpha value is -3.49. The molecule has 27 heavy (non-hydrogen) atoms. The SMILES string of the molecule is NC(=O)CN1CON=C1Cc1c(-c2ccc(F)cc2)nc2ccc(F)cn12. The molecule has 138 valence electrons. The van der Waals surface area contributed by atoms with Crippen LogP contribution in [0.5, 0.6) is 0 Å². The first-order valence-corrected chi connectivity index (χ1v) is 8.16. The highest BCUT2D eigenvalue weighted by atomic mass is 19.1. The summed E-state index contributed by atoms with van der Waals surface area (Å²) in [5.41, 5.74) is 7.67. The molecule has 0 spiro atoms. The van der Waals surface area contributed by atoms with E-state index in [0.717, 1.165) is 0 Å². The number of nitrogens with zero attached hydrogens (tertiary/aromatic N) is 4. The molecular formula is C18H15F2N5O2. The summed E-state index contributed by atoms with van der Waals surface area (Å²) in [5, 5.41) is 3.96. The molecule has 0 unspecified atom stereocenters. The van der Waals surface area contributed by atoms with Crippen LogP contribution in [0.4, 0.5) is 8.78 Å². The maximum Gasteiger partial charge on any atom is 0.237 e. The summed E-state index contributed by atoms with van der Waals surface area (Å²) in [6.45, 7) is 0.0606. The number of halogens is 2. The van der Waals surface area contributed by atoms with Gasteiger partial charge in [0.25, 0.3) is 0 Å². The number of aromatic nitrogens is 2. The highest BCUT2D eigenvalue weighted by Crippen LogP contribution is 2.26. The molecule has 0 atom stereocenters. The van der Waals surface area contributed by atoms with Crippen molar-refractivity contribution < 1.29 is 18.4 Å². The van der Waals surface area contributed by atoms with Gasteiger partial charge in [0.1, 0.15) is 23.8 Å². The molecule has 3 aromatic rings. The fourth-order valence-corrected chi connectivity index (χ4v) is 3.00. The molecule has 0 saturated heterocycles. The molecule has 0 fully saturated rings. The molecule has 0 aliphatic carbocycles. The van der Waals surface area contributed by atoms with Gasteiger partial charge in [0, 0.05) is 11.8 Å². The summed E-state index contributed by atoms with van der Waals surface area (Å²) >= 11 is 0. The zero-order valence-electron chi connectivity index (χ0n) is 14.1. The number of pyridine rings is 1. The van der Waals surface area contributed by atoms with E-state index >= 15 is 0 Å². The third-order valence-corrected chi connectivity index (χ3v) is 4.22. The molecular weight excluding hydrogens is 356 g/mol. The maximum atomic E-state index is 13.8. The lowest BCUT2D eigenvalue weighted by Gasteiger charge is -2.15. The maximum absolute atomic E-state index is 13.8. The fraction of sp³-hybridized carbons (Fsp3) is 0.167. The molecule has 1 amide bonds. The number of rotatable bonds is 5. The van der Waals surface area contributed by atoms with E-state index in [9.17, 15) is 13.6 Å². The van der Waals surface area contributed by atoms with Crippen molar-refractivity contribution in [3.05, 3.63) is 59.9 Å². The molecule has 2 aromatic heterocycles. The van der Waals surface area contributed by atoms with Crippen molar-refractivity contribution in [2.75, 3.05) is 13.3 Å². The van der Waals surface area contributed by atoms with Crippen molar-refractivity contribution in [1.29, 1.82) is 0 Å². The third kappa shape index (κ3) is 3.31. The molecule has 9 heteroatoms. The molecule has 4 rings (SSSR count). The number of carbonyl (C=O) groups excluding carboxylic acids is 1. The Balaban J connectivity index is 1.80. The van der Waals surface area contributed by atoms with E-state index in [1.807, 2.05) is 0 Å². The average molecular weight is 371 g/mol. The average Bonchev–Trinajstić information content (AvgIpc) is 3.20. The van der Waals surface area contributed by atoms with Crippen LogP contribution in [0.2, 0.25) is 0 Å². The van der Waals surface area contributed by atoms with E-state index in [2.05, 4.69) is 10.1 Å². The van der Waals surface area contributed by atoms with E-state index in [1.165, 1.54) is 24.4 Å². The van der Waals surface area contributed by atoms with Crippen molar-refractivity contribution in [3.8, 4) is 11.3 Å². The lowest BCUT2D eigenvalue weighted by molar-refractivity contribution is -0.118. The molecule has 3 heterocycles. The highest BCUT2D eigenvalue weighted by molar-refractivity contribution is 5.90. The van der Waals surface area contributed by atoms with Crippen LogP contribution in [0.1, 0.15) is 5.69 Å². The first-order chi connectivity index (χ1) is 13.0. The van der Waals surface area contributed by atoms with Crippen LogP contribution in [-0.2, 0) is 16.1 Å². The largest absolute Gasteiger partial charge is 0.372 e. The monoisotopic (exact) mass is 371 g/mol. The predicted molar refractivity (Wildman–Crippen MR) is 93.5 cm³/mol. The molecule has 0 saturated carbocycles. The van der Waals surface area contributed by atoms with Gasteiger partial charge in [0.05, 0.1) is 17.8 Å². The number of carbonyl (C=O) groups is 1. The molecule has 0 radical (unpaired) electrons. The Kier molecular flexibility index (Phi) is 4.19. The Morgan fingerprint density at radius 1 is 1.15 bits per heavy atom. The number of imidazole rings is 1. The highest BCUT2D eigenvalue weighted by Gasteiger charge is 2.24. The van der Waals surface area contributed by atoms with Gasteiger partial charge >= 0.3 is 0 Å². The third-order valence-electron chi connectivity index (χ3n) is 4.22. The van der Waals surface area contributed by atoms with Crippen molar-refractivity contribution in [3.63, 3.8) is 0 Å². The van der Waals surface area contributed by atoms with Gasteiger partial charge in [0.2, 0.25) is 5.91 Å². The first kappa shape index (κ1) is 17.0. The van der Waals surface area contributed by atoms with Crippen molar-refractivity contribution in [2.45, 2.75) is 6.42 Å². The minimum absolute atomic E-state index is 0.0458. The summed E-state index contributed by atoms with van der Waals surface area (Å²) in [5.74, 6) is -0.832. The van der Waals surface area contributed by atoms with Gasteiger partial charge in [-0.05, 0) is 36.4 Å². The lowest BCUT2D eigenvalue weighted by Crippen LogP contribution is -2.37. The second-order valence-electron chi connectivity index (χ2n) is 6.10. The zero-order chi connectivity index (χ0) is 19.0. The Bertz CT molecular complexity index is 1050. The van der Waals surface area contributed by atoms with Gasteiger partial charge in [-0.15, -0.1) is 0 Å². The van der Waals surface area contributed by atoms with Crippen molar-refractivity contribution in [2.24, 2.45) is 10.9 Å². The minimum atomic E-state index is -0.517. The van der Waals surface area contributed by atoms with Crippen LogP contribution in [0.15, 0.2) is 47.8 Å². The molecule has 0 bridgehead atoms.